The molecule has 0 aliphatic carbocycles. The summed E-state index contributed by atoms with van der Waals surface area (Å²) in [5.74, 6) is 0. The Morgan fingerprint density at radius 2 is 1.90 bits per heavy atom. The van der Waals surface area contributed by atoms with Crippen molar-refractivity contribution in [1.29, 1.82) is 0 Å². The summed E-state index contributed by atoms with van der Waals surface area (Å²) in [6, 6.07) is 11.4. The molecule has 0 radical (unpaired) electrons. The molecule has 2 heterocycles. The average molecular weight is 280 g/mol. The summed E-state index contributed by atoms with van der Waals surface area (Å²) in [7, 11) is 3.57. The fraction of sp³-hybridized carbons (Fsp3) is 0.125. The third kappa shape index (κ3) is 2.03. The van der Waals surface area contributed by atoms with Crippen molar-refractivity contribution in [2.75, 3.05) is 7.05 Å². The molecule has 0 saturated heterocycles. The van der Waals surface area contributed by atoms with E-state index in [4.69, 9.17) is 0 Å². The van der Waals surface area contributed by atoms with Crippen LogP contribution in [0.5, 0.6) is 0 Å². The van der Waals surface area contributed by atoms with Crippen molar-refractivity contribution in [2.24, 2.45) is 7.05 Å². The highest BCUT2D eigenvalue weighted by atomic mass is 16.1. The highest BCUT2D eigenvalue weighted by Crippen LogP contribution is 2.17. The molecule has 1 N–H and O–H groups in total. The first-order chi connectivity index (χ1) is 10.1. The molecule has 3 rings (SSSR count). The molecule has 0 bridgehead atoms. The van der Waals surface area contributed by atoms with Crippen LogP contribution >= 0.6 is 0 Å². The first kappa shape index (κ1) is 13.2. The maximum absolute atomic E-state index is 12.4. The lowest BCUT2D eigenvalue weighted by atomic mass is 10.2. The van der Waals surface area contributed by atoms with E-state index in [1.54, 1.807) is 29.4 Å². The van der Waals surface area contributed by atoms with Crippen LogP contribution < -0.4 is 11.0 Å². The Morgan fingerprint density at radius 3 is 2.52 bits per heavy atom. The number of hydrogen-bond donors (Lipinski definition) is 1. The molecule has 5 nitrogen and oxygen atoms in total. The van der Waals surface area contributed by atoms with Crippen LogP contribution in [-0.4, -0.2) is 21.2 Å². The summed E-state index contributed by atoms with van der Waals surface area (Å²) in [4.78, 5) is 16.8. The number of hydrogen-bond acceptors (Lipinski definition) is 3. The van der Waals surface area contributed by atoms with Gasteiger partial charge in [-0.1, -0.05) is 18.7 Å². The summed E-state index contributed by atoms with van der Waals surface area (Å²) in [6.07, 6.45) is 1.69. The van der Waals surface area contributed by atoms with Gasteiger partial charge in [0.2, 0.25) is 0 Å². The standard InChI is InChI=1S/C16H16N4O/c1-11(17-2)13-9-8-12(10-18-13)20-15-7-5-4-6-14(15)19(3)16(20)21/h4-10,17H,1H2,2-3H3. The Bertz CT molecular complexity index is 871. The zero-order valence-corrected chi connectivity index (χ0v) is 12.0. The Labute approximate surface area is 122 Å². The number of benzene rings is 1. The lowest BCUT2D eigenvalue weighted by Gasteiger charge is -2.06. The second-order valence-electron chi connectivity index (χ2n) is 4.80. The Kier molecular flexibility index (Phi) is 3.10. The SMILES string of the molecule is C=C(NC)c1ccc(-n2c(=O)n(C)c3ccccc32)cn1. The van der Waals surface area contributed by atoms with Crippen molar-refractivity contribution >= 4 is 16.7 Å². The molecule has 5 heteroatoms. The third-order valence-corrected chi connectivity index (χ3v) is 3.58. The van der Waals surface area contributed by atoms with Gasteiger partial charge in [0, 0.05) is 14.1 Å². The minimum Gasteiger partial charge on any atom is -0.387 e. The number of aryl methyl sites for hydroxylation is 1. The number of aromatic nitrogens is 3. The molecule has 1 aromatic carbocycles. The van der Waals surface area contributed by atoms with Crippen LogP contribution in [0.4, 0.5) is 0 Å². The molecule has 3 aromatic rings. The number of rotatable bonds is 3. The smallest absolute Gasteiger partial charge is 0.333 e. The van der Waals surface area contributed by atoms with Gasteiger partial charge in [-0.05, 0) is 24.3 Å². The Balaban J connectivity index is 2.19. The largest absolute Gasteiger partial charge is 0.387 e. The molecule has 21 heavy (non-hydrogen) atoms. The second-order valence-corrected chi connectivity index (χ2v) is 4.80. The molecule has 0 aliphatic heterocycles. The topological polar surface area (TPSA) is 51.9 Å². The van der Waals surface area contributed by atoms with Crippen molar-refractivity contribution in [2.45, 2.75) is 0 Å². The van der Waals surface area contributed by atoms with E-state index >= 15 is 0 Å². The summed E-state index contributed by atoms with van der Waals surface area (Å²) in [6.45, 7) is 3.87. The van der Waals surface area contributed by atoms with Gasteiger partial charge in [0.05, 0.1) is 34.3 Å². The maximum atomic E-state index is 12.4. The molecule has 0 saturated carbocycles. The van der Waals surface area contributed by atoms with Crippen LogP contribution in [0.25, 0.3) is 22.4 Å². The first-order valence-corrected chi connectivity index (χ1v) is 6.63. The van der Waals surface area contributed by atoms with E-state index in [1.165, 1.54) is 0 Å². The van der Waals surface area contributed by atoms with E-state index in [2.05, 4.69) is 16.9 Å². The van der Waals surface area contributed by atoms with Crippen LogP contribution in [0.1, 0.15) is 5.69 Å². The lowest BCUT2D eigenvalue weighted by Crippen LogP contribution is -2.21. The Morgan fingerprint density at radius 1 is 1.19 bits per heavy atom. The van der Waals surface area contributed by atoms with Crippen LogP contribution in [-0.2, 0) is 7.05 Å². The number of nitrogens with zero attached hydrogens (tertiary/aromatic N) is 3. The van der Waals surface area contributed by atoms with Gasteiger partial charge in [0.25, 0.3) is 0 Å². The van der Waals surface area contributed by atoms with E-state index in [0.717, 1.165) is 28.1 Å². The number of pyridine rings is 1. The predicted octanol–water partition coefficient (Wildman–Crippen LogP) is 1.91. The zero-order valence-electron chi connectivity index (χ0n) is 12.0. The van der Waals surface area contributed by atoms with Gasteiger partial charge in [-0.2, -0.15) is 0 Å². The molecular weight excluding hydrogens is 264 g/mol. The van der Waals surface area contributed by atoms with E-state index in [9.17, 15) is 4.79 Å². The summed E-state index contributed by atoms with van der Waals surface area (Å²) in [5.41, 5.74) is 3.92. The zero-order chi connectivity index (χ0) is 15.0. The van der Waals surface area contributed by atoms with Crippen LogP contribution in [0.2, 0.25) is 0 Å². The van der Waals surface area contributed by atoms with Crippen molar-refractivity contribution in [3.05, 3.63) is 65.4 Å². The molecule has 0 unspecified atom stereocenters. The quantitative estimate of drug-likeness (QED) is 0.797. The first-order valence-electron chi connectivity index (χ1n) is 6.63. The van der Waals surface area contributed by atoms with E-state index < -0.39 is 0 Å². The highest BCUT2D eigenvalue weighted by molar-refractivity contribution is 5.78. The molecule has 0 spiro atoms. The third-order valence-electron chi connectivity index (χ3n) is 3.58. The Hall–Kier alpha value is -2.82. The van der Waals surface area contributed by atoms with Gasteiger partial charge in [0.1, 0.15) is 0 Å². The molecule has 0 fully saturated rings. The molecule has 2 aromatic heterocycles. The van der Waals surface area contributed by atoms with Crippen molar-refractivity contribution in [3.63, 3.8) is 0 Å². The minimum absolute atomic E-state index is 0.0850. The van der Waals surface area contributed by atoms with Gasteiger partial charge in [-0.3, -0.25) is 14.1 Å². The summed E-state index contributed by atoms with van der Waals surface area (Å²) in [5, 5.41) is 2.96. The number of fused-ring (bicyclic) bond motifs is 1. The number of para-hydroxylation sites is 2. The van der Waals surface area contributed by atoms with Gasteiger partial charge in [0.15, 0.2) is 0 Å². The highest BCUT2D eigenvalue weighted by Gasteiger charge is 2.12. The average Bonchev–Trinajstić information content (AvgIpc) is 2.79. The summed E-state index contributed by atoms with van der Waals surface area (Å²) >= 11 is 0. The number of nitrogens with one attached hydrogen (secondary N) is 1. The van der Waals surface area contributed by atoms with Gasteiger partial charge in [-0.25, -0.2) is 4.79 Å². The fourth-order valence-electron chi connectivity index (χ4n) is 2.37. The van der Waals surface area contributed by atoms with Crippen molar-refractivity contribution in [1.82, 2.24) is 19.4 Å². The maximum Gasteiger partial charge on any atom is 0.333 e. The van der Waals surface area contributed by atoms with E-state index in [0.29, 0.717) is 0 Å². The van der Waals surface area contributed by atoms with Crippen molar-refractivity contribution in [3.8, 4) is 5.69 Å². The molecular formula is C16H16N4O. The minimum atomic E-state index is -0.0850. The van der Waals surface area contributed by atoms with Gasteiger partial charge < -0.3 is 5.32 Å². The van der Waals surface area contributed by atoms with Gasteiger partial charge >= 0.3 is 5.69 Å². The molecule has 0 atom stereocenters. The number of imidazole rings is 1. The molecule has 106 valence electrons. The van der Waals surface area contributed by atoms with E-state index in [1.807, 2.05) is 36.4 Å². The predicted molar refractivity (Wildman–Crippen MR) is 84.4 cm³/mol. The monoisotopic (exact) mass is 280 g/mol. The van der Waals surface area contributed by atoms with Crippen LogP contribution in [0, 0.1) is 0 Å². The normalized spacial score (nSPS) is 10.8. The molecule has 0 amide bonds. The summed E-state index contributed by atoms with van der Waals surface area (Å²) < 4.78 is 3.30. The second kappa shape index (κ2) is 4.94. The molecule has 0 aliphatic rings. The van der Waals surface area contributed by atoms with Crippen LogP contribution in [0.15, 0.2) is 54.0 Å². The fourth-order valence-corrected chi connectivity index (χ4v) is 2.37. The van der Waals surface area contributed by atoms with E-state index in [-0.39, 0.29) is 5.69 Å². The van der Waals surface area contributed by atoms with Crippen molar-refractivity contribution < 1.29 is 0 Å². The van der Waals surface area contributed by atoms with Crippen LogP contribution in [0.3, 0.4) is 0 Å². The van der Waals surface area contributed by atoms with Gasteiger partial charge in [-0.15, -0.1) is 0 Å². The lowest BCUT2D eigenvalue weighted by molar-refractivity contribution is 0.844.